The third kappa shape index (κ3) is 3.22. The maximum absolute atomic E-state index is 9.35. The molecule has 2 nitrogen and oxygen atoms in total. The molecular formula is C13H19NOS. The van der Waals surface area contributed by atoms with Crippen molar-refractivity contribution in [2.45, 2.75) is 43.6 Å². The van der Waals surface area contributed by atoms with Gasteiger partial charge in [-0.2, -0.15) is 0 Å². The Hall–Kier alpha value is -0.540. The van der Waals surface area contributed by atoms with Crippen molar-refractivity contribution >= 4 is 11.8 Å². The molecule has 88 valence electrons. The minimum atomic E-state index is -0.464. The molecule has 1 saturated carbocycles. The molecule has 0 unspecified atom stereocenters. The third-order valence-electron chi connectivity index (χ3n) is 3.15. The lowest BCUT2D eigenvalue weighted by atomic mass is 10.1. The summed E-state index contributed by atoms with van der Waals surface area (Å²) in [4.78, 5) is 5.47. The lowest BCUT2D eigenvalue weighted by Crippen LogP contribution is -1.97. The van der Waals surface area contributed by atoms with Crippen LogP contribution in [0.1, 0.15) is 44.4 Å². The number of aliphatic hydroxyl groups excluding tert-OH is 1. The van der Waals surface area contributed by atoms with Gasteiger partial charge in [0.15, 0.2) is 0 Å². The van der Waals surface area contributed by atoms with Gasteiger partial charge < -0.3 is 5.11 Å². The molecule has 0 aliphatic heterocycles. The molecule has 1 N–H and O–H groups in total. The molecular weight excluding hydrogens is 218 g/mol. The fourth-order valence-corrected chi connectivity index (χ4v) is 3.17. The monoisotopic (exact) mass is 237 g/mol. The van der Waals surface area contributed by atoms with Gasteiger partial charge in [0.25, 0.3) is 0 Å². The highest BCUT2D eigenvalue weighted by Gasteiger charge is 2.15. The van der Waals surface area contributed by atoms with Gasteiger partial charge in [0.2, 0.25) is 0 Å². The Morgan fingerprint density at radius 3 is 2.75 bits per heavy atom. The fourth-order valence-electron chi connectivity index (χ4n) is 2.12. The van der Waals surface area contributed by atoms with Gasteiger partial charge in [-0.05, 0) is 37.8 Å². The molecule has 0 radical (unpaired) electrons. The van der Waals surface area contributed by atoms with E-state index in [4.69, 9.17) is 0 Å². The minimum Gasteiger partial charge on any atom is -0.387 e. The van der Waals surface area contributed by atoms with E-state index < -0.39 is 6.10 Å². The Kier molecular flexibility index (Phi) is 4.24. The van der Waals surface area contributed by atoms with Crippen molar-refractivity contribution in [1.29, 1.82) is 0 Å². The summed E-state index contributed by atoms with van der Waals surface area (Å²) in [7, 11) is 0. The zero-order chi connectivity index (χ0) is 11.4. The van der Waals surface area contributed by atoms with Crippen LogP contribution in [0.4, 0.5) is 0 Å². The molecule has 1 aromatic heterocycles. The van der Waals surface area contributed by atoms with Crippen molar-refractivity contribution < 1.29 is 5.11 Å². The summed E-state index contributed by atoms with van der Waals surface area (Å²) in [5, 5.41) is 9.35. The maximum Gasteiger partial charge on any atom is 0.0931 e. The smallest absolute Gasteiger partial charge is 0.0931 e. The lowest BCUT2D eigenvalue weighted by molar-refractivity contribution is 0.194. The van der Waals surface area contributed by atoms with Crippen LogP contribution in [0.3, 0.4) is 0 Å². The Balaban J connectivity index is 1.84. The molecule has 0 saturated heterocycles. The molecule has 1 atom stereocenters. The average molecular weight is 237 g/mol. The number of aromatic nitrogens is 1. The van der Waals surface area contributed by atoms with Gasteiger partial charge in [-0.1, -0.05) is 12.8 Å². The first-order valence-corrected chi connectivity index (χ1v) is 7.01. The van der Waals surface area contributed by atoms with Crippen LogP contribution in [0.15, 0.2) is 23.2 Å². The normalized spacial score (nSPS) is 18.9. The minimum absolute atomic E-state index is 0.464. The van der Waals surface area contributed by atoms with E-state index in [1.54, 1.807) is 6.92 Å². The quantitative estimate of drug-likeness (QED) is 0.815. The number of thioether (sulfide) groups is 1. The molecule has 3 heteroatoms. The highest BCUT2D eigenvalue weighted by molar-refractivity contribution is 7.99. The fraction of sp³-hybridized carbons (Fsp3) is 0.615. The van der Waals surface area contributed by atoms with Crippen LogP contribution in [-0.4, -0.2) is 15.8 Å². The number of pyridine rings is 1. The van der Waals surface area contributed by atoms with Gasteiger partial charge in [0, 0.05) is 16.8 Å². The van der Waals surface area contributed by atoms with Crippen molar-refractivity contribution in [2.24, 2.45) is 5.92 Å². The van der Waals surface area contributed by atoms with E-state index in [1.807, 2.05) is 24.0 Å². The molecule has 0 spiro atoms. The Bertz CT molecular complexity index is 317. The Morgan fingerprint density at radius 1 is 1.44 bits per heavy atom. The summed E-state index contributed by atoms with van der Waals surface area (Å²) < 4.78 is 0. The van der Waals surface area contributed by atoms with Crippen molar-refractivity contribution in [3.63, 3.8) is 0 Å². The summed E-state index contributed by atoms with van der Waals surface area (Å²) in [5.41, 5.74) is 0.755. The van der Waals surface area contributed by atoms with Gasteiger partial charge in [-0.3, -0.25) is 4.98 Å². The first-order chi connectivity index (χ1) is 7.75. The van der Waals surface area contributed by atoms with Gasteiger partial charge in [-0.15, -0.1) is 11.8 Å². The molecule has 1 fully saturated rings. The highest BCUT2D eigenvalue weighted by atomic mass is 32.2. The molecule has 1 aliphatic carbocycles. The summed E-state index contributed by atoms with van der Waals surface area (Å²) in [6.45, 7) is 1.74. The van der Waals surface area contributed by atoms with Crippen LogP contribution in [-0.2, 0) is 0 Å². The number of hydrogen-bond donors (Lipinski definition) is 1. The zero-order valence-electron chi connectivity index (χ0n) is 9.72. The summed E-state index contributed by atoms with van der Waals surface area (Å²) >= 11 is 1.89. The highest BCUT2D eigenvalue weighted by Crippen LogP contribution is 2.30. The third-order valence-corrected chi connectivity index (χ3v) is 4.36. The molecule has 0 bridgehead atoms. The van der Waals surface area contributed by atoms with E-state index in [0.29, 0.717) is 0 Å². The molecule has 16 heavy (non-hydrogen) atoms. The van der Waals surface area contributed by atoms with Crippen LogP contribution >= 0.6 is 11.8 Å². The molecule has 1 aliphatic rings. The van der Waals surface area contributed by atoms with E-state index in [1.165, 1.54) is 36.3 Å². The Morgan fingerprint density at radius 2 is 2.19 bits per heavy atom. The van der Waals surface area contributed by atoms with Crippen LogP contribution in [0.5, 0.6) is 0 Å². The molecule has 1 aromatic rings. The zero-order valence-corrected chi connectivity index (χ0v) is 10.5. The van der Waals surface area contributed by atoms with E-state index in [0.717, 1.165) is 11.6 Å². The maximum atomic E-state index is 9.35. The topological polar surface area (TPSA) is 33.1 Å². The first-order valence-electron chi connectivity index (χ1n) is 6.02. The molecule has 0 aromatic carbocycles. The van der Waals surface area contributed by atoms with E-state index >= 15 is 0 Å². The van der Waals surface area contributed by atoms with Gasteiger partial charge in [-0.25, -0.2) is 0 Å². The molecule has 1 heterocycles. The number of rotatable bonds is 4. The van der Waals surface area contributed by atoms with E-state index in [2.05, 4.69) is 11.1 Å². The summed E-state index contributed by atoms with van der Waals surface area (Å²) in [6, 6.07) is 3.98. The van der Waals surface area contributed by atoms with Crippen LogP contribution in [0.25, 0.3) is 0 Å². The van der Waals surface area contributed by atoms with Crippen molar-refractivity contribution in [1.82, 2.24) is 4.98 Å². The Labute approximate surface area is 101 Å². The van der Waals surface area contributed by atoms with Crippen molar-refractivity contribution in [3.05, 3.63) is 24.0 Å². The van der Waals surface area contributed by atoms with Crippen LogP contribution in [0, 0.1) is 5.92 Å². The van der Waals surface area contributed by atoms with E-state index in [9.17, 15) is 5.11 Å². The lowest BCUT2D eigenvalue weighted by Gasteiger charge is -2.08. The number of hydrogen-bond acceptors (Lipinski definition) is 3. The van der Waals surface area contributed by atoms with Gasteiger partial charge in [0.1, 0.15) is 0 Å². The second-order valence-electron chi connectivity index (χ2n) is 4.56. The molecule has 2 rings (SSSR count). The first kappa shape index (κ1) is 11.9. The number of nitrogens with zero attached hydrogens (tertiary/aromatic N) is 1. The second-order valence-corrected chi connectivity index (χ2v) is 5.65. The van der Waals surface area contributed by atoms with Crippen LogP contribution in [0.2, 0.25) is 0 Å². The van der Waals surface area contributed by atoms with Gasteiger partial charge in [0.05, 0.1) is 11.8 Å². The second kappa shape index (κ2) is 5.69. The van der Waals surface area contributed by atoms with Crippen molar-refractivity contribution in [2.75, 3.05) is 5.75 Å². The SMILES string of the molecule is C[C@H](O)c1ccc(SCC2CCCC2)cn1. The van der Waals surface area contributed by atoms with Crippen molar-refractivity contribution in [3.8, 4) is 0 Å². The summed E-state index contributed by atoms with van der Waals surface area (Å²) in [6.07, 6.45) is 7.02. The number of aliphatic hydroxyl groups is 1. The summed E-state index contributed by atoms with van der Waals surface area (Å²) in [5.74, 6) is 2.12. The predicted molar refractivity (Wildman–Crippen MR) is 67.6 cm³/mol. The van der Waals surface area contributed by atoms with Crippen LogP contribution < -0.4 is 0 Å². The standard InChI is InChI=1S/C13H19NOS/c1-10(15)13-7-6-12(8-14-13)16-9-11-4-2-3-5-11/h6-8,10-11,15H,2-5,9H2,1H3/t10-/m0/s1. The van der Waals surface area contributed by atoms with Gasteiger partial charge >= 0.3 is 0 Å². The largest absolute Gasteiger partial charge is 0.387 e. The predicted octanol–water partition coefficient (Wildman–Crippen LogP) is 3.42. The average Bonchev–Trinajstić information content (AvgIpc) is 2.80. The van der Waals surface area contributed by atoms with E-state index in [-0.39, 0.29) is 0 Å². The molecule has 0 amide bonds.